The van der Waals surface area contributed by atoms with Gasteiger partial charge in [-0.3, -0.25) is 0 Å². The van der Waals surface area contributed by atoms with E-state index in [2.05, 4.69) is 92.7 Å². The van der Waals surface area contributed by atoms with Crippen LogP contribution in [0.3, 0.4) is 0 Å². The van der Waals surface area contributed by atoms with E-state index in [-0.39, 0.29) is 0 Å². The number of aryl methyl sites for hydroxylation is 2. The Bertz CT molecular complexity index is 1080. The predicted molar refractivity (Wildman–Crippen MR) is 142 cm³/mol. The predicted octanol–water partition coefficient (Wildman–Crippen LogP) is 9.04. The molecule has 0 heterocycles. The van der Waals surface area contributed by atoms with Gasteiger partial charge >= 0.3 is 0 Å². The maximum Gasteiger partial charge on any atom is -0.0118 e. The quantitative estimate of drug-likeness (QED) is 0.351. The summed E-state index contributed by atoms with van der Waals surface area (Å²) in [7, 11) is 0. The van der Waals surface area contributed by atoms with E-state index in [9.17, 15) is 0 Å². The van der Waals surface area contributed by atoms with Gasteiger partial charge in [0.2, 0.25) is 0 Å². The van der Waals surface area contributed by atoms with Crippen molar-refractivity contribution in [1.29, 1.82) is 0 Å². The van der Waals surface area contributed by atoms with Crippen LogP contribution in [0.15, 0.2) is 78.9 Å². The van der Waals surface area contributed by atoms with Gasteiger partial charge in [0.25, 0.3) is 0 Å². The Morgan fingerprint density at radius 1 is 0.697 bits per heavy atom. The van der Waals surface area contributed by atoms with Gasteiger partial charge in [-0.2, -0.15) is 0 Å². The standard InChI is InChI=1S/C33H38/c1-3-5-25-8-12-26(13-9-25)27-14-16-29(17-15-27)31-19-21-32-22-30(18-20-33(32)23-31)28-10-6-24(4-2)7-11-28/h3,5-7,10-11,14-17,19,21,23,25-26,30H,4,8-9,12-13,18,20,22H2,1-2H3/b5-3+. The summed E-state index contributed by atoms with van der Waals surface area (Å²) in [6.07, 6.45) is 14.7. The van der Waals surface area contributed by atoms with Gasteiger partial charge in [0.1, 0.15) is 0 Å². The first-order chi connectivity index (χ1) is 16.2. The zero-order valence-corrected chi connectivity index (χ0v) is 20.4. The van der Waals surface area contributed by atoms with Gasteiger partial charge in [-0.25, -0.2) is 0 Å². The molecular weight excluding hydrogens is 396 g/mol. The third-order valence-corrected chi connectivity index (χ3v) is 8.25. The second-order valence-corrected chi connectivity index (χ2v) is 10.3. The van der Waals surface area contributed by atoms with Crippen LogP contribution in [0.25, 0.3) is 11.1 Å². The van der Waals surface area contributed by atoms with Crippen LogP contribution in [0.5, 0.6) is 0 Å². The lowest BCUT2D eigenvalue weighted by Gasteiger charge is -2.27. The van der Waals surface area contributed by atoms with Gasteiger partial charge in [0.05, 0.1) is 0 Å². The van der Waals surface area contributed by atoms with Crippen molar-refractivity contribution in [2.45, 2.75) is 77.0 Å². The van der Waals surface area contributed by atoms with E-state index in [1.807, 2.05) is 0 Å². The molecule has 1 atom stereocenters. The van der Waals surface area contributed by atoms with Crippen molar-refractivity contribution in [1.82, 2.24) is 0 Å². The highest BCUT2D eigenvalue weighted by molar-refractivity contribution is 5.65. The number of fused-ring (bicyclic) bond motifs is 1. The summed E-state index contributed by atoms with van der Waals surface area (Å²) in [5.41, 5.74) is 10.3. The minimum Gasteiger partial charge on any atom is -0.0914 e. The van der Waals surface area contributed by atoms with Crippen molar-refractivity contribution in [3.63, 3.8) is 0 Å². The van der Waals surface area contributed by atoms with Crippen molar-refractivity contribution in [2.75, 3.05) is 0 Å². The first kappa shape index (κ1) is 22.2. The maximum absolute atomic E-state index is 2.46. The molecule has 0 N–H and O–H groups in total. The molecule has 33 heavy (non-hydrogen) atoms. The Morgan fingerprint density at radius 2 is 1.36 bits per heavy atom. The lowest BCUT2D eigenvalue weighted by molar-refractivity contribution is 0.376. The summed E-state index contributed by atoms with van der Waals surface area (Å²) in [4.78, 5) is 0. The smallest absolute Gasteiger partial charge is 0.0118 e. The van der Waals surface area contributed by atoms with E-state index in [0.717, 1.165) is 18.3 Å². The molecule has 0 nitrogen and oxygen atoms in total. The SMILES string of the molecule is C/C=C/C1CCC(c2ccc(-c3ccc4c(c3)CCC(c3ccc(CC)cc3)C4)cc2)CC1. The number of rotatable bonds is 5. The third kappa shape index (κ3) is 5.01. The molecule has 2 aliphatic rings. The molecule has 1 unspecified atom stereocenters. The fourth-order valence-corrected chi connectivity index (χ4v) is 6.11. The molecule has 1 fully saturated rings. The van der Waals surface area contributed by atoms with E-state index < -0.39 is 0 Å². The lowest BCUT2D eigenvalue weighted by Crippen LogP contribution is -2.13. The summed E-state index contributed by atoms with van der Waals surface area (Å²) in [5.74, 6) is 2.21. The van der Waals surface area contributed by atoms with Crippen molar-refractivity contribution in [3.8, 4) is 11.1 Å². The summed E-state index contributed by atoms with van der Waals surface area (Å²) >= 11 is 0. The number of hydrogen-bond donors (Lipinski definition) is 0. The van der Waals surface area contributed by atoms with Gasteiger partial charge in [-0.15, -0.1) is 0 Å². The van der Waals surface area contributed by atoms with Crippen LogP contribution in [0.4, 0.5) is 0 Å². The molecule has 0 bridgehead atoms. The Morgan fingerprint density at radius 3 is 2.06 bits per heavy atom. The molecule has 3 aromatic carbocycles. The number of hydrogen-bond acceptors (Lipinski definition) is 0. The van der Waals surface area contributed by atoms with E-state index in [1.54, 1.807) is 11.1 Å². The third-order valence-electron chi connectivity index (χ3n) is 8.25. The summed E-state index contributed by atoms with van der Waals surface area (Å²) in [5, 5.41) is 0. The van der Waals surface area contributed by atoms with Crippen molar-refractivity contribution >= 4 is 0 Å². The van der Waals surface area contributed by atoms with Crippen LogP contribution in [-0.4, -0.2) is 0 Å². The summed E-state index contributed by atoms with van der Waals surface area (Å²) in [6.45, 7) is 4.38. The van der Waals surface area contributed by atoms with Crippen LogP contribution >= 0.6 is 0 Å². The molecule has 0 aromatic heterocycles. The molecule has 0 aliphatic heterocycles. The second-order valence-electron chi connectivity index (χ2n) is 10.3. The Labute approximate surface area is 200 Å². The van der Waals surface area contributed by atoms with E-state index in [0.29, 0.717) is 5.92 Å². The van der Waals surface area contributed by atoms with Gasteiger partial charge in [-0.05, 0) is 115 Å². The second kappa shape index (κ2) is 10.1. The lowest BCUT2D eigenvalue weighted by atomic mass is 9.78. The monoisotopic (exact) mass is 434 g/mol. The molecule has 170 valence electrons. The molecular formula is C33H38. The van der Waals surface area contributed by atoms with E-state index in [4.69, 9.17) is 0 Å². The highest BCUT2D eigenvalue weighted by Crippen LogP contribution is 2.38. The van der Waals surface area contributed by atoms with Crippen LogP contribution in [-0.2, 0) is 19.3 Å². The Balaban J connectivity index is 1.26. The highest BCUT2D eigenvalue weighted by Gasteiger charge is 2.22. The van der Waals surface area contributed by atoms with Crippen LogP contribution in [0.1, 0.15) is 85.6 Å². The minimum absolute atomic E-state index is 0.663. The normalized spacial score (nSPS) is 22.9. The minimum atomic E-state index is 0.663. The fraction of sp³-hybridized carbons (Fsp3) is 0.394. The summed E-state index contributed by atoms with van der Waals surface area (Å²) < 4.78 is 0. The molecule has 5 rings (SSSR count). The maximum atomic E-state index is 2.46. The molecule has 3 aromatic rings. The van der Waals surface area contributed by atoms with Crippen LogP contribution in [0.2, 0.25) is 0 Å². The first-order valence-electron chi connectivity index (χ1n) is 13.2. The van der Waals surface area contributed by atoms with Crippen molar-refractivity contribution < 1.29 is 0 Å². The average Bonchev–Trinajstić information content (AvgIpc) is 2.89. The van der Waals surface area contributed by atoms with Gasteiger partial charge < -0.3 is 0 Å². The zero-order chi connectivity index (χ0) is 22.6. The molecule has 1 saturated carbocycles. The van der Waals surface area contributed by atoms with Crippen molar-refractivity contribution in [2.24, 2.45) is 5.92 Å². The zero-order valence-electron chi connectivity index (χ0n) is 20.4. The number of allylic oxidation sites excluding steroid dienone is 2. The van der Waals surface area contributed by atoms with Crippen molar-refractivity contribution in [3.05, 3.63) is 107 Å². The molecule has 0 spiro atoms. The Hall–Kier alpha value is -2.60. The molecule has 0 amide bonds. The largest absolute Gasteiger partial charge is 0.0914 e. The van der Waals surface area contributed by atoms with Crippen LogP contribution in [0, 0.1) is 5.92 Å². The van der Waals surface area contributed by atoms with Gasteiger partial charge in [-0.1, -0.05) is 85.8 Å². The average molecular weight is 435 g/mol. The summed E-state index contributed by atoms with van der Waals surface area (Å²) in [6, 6.07) is 26.0. The van der Waals surface area contributed by atoms with E-state index >= 15 is 0 Å². The molecule has 0 radical (unpaired) electrons. The highest BCUT2D eigenvalue weighted by atomic mass is 14.3. The molecule has 0 saturated heterocycles. The van der Waals surface area contributed by atoms with Crippen LogP contribution < -0.4 is 0 Å². The van der Waals surface area contributed by atoms with Gasteiger partial charge in [0, 0.05) is 0 Å². The molecule has 0 heteroatoms. The molecule has 2 aliphatic carbocycles. The fourth-order valence-electron chi connectivity index (χ4n) is 6.11. The Kier molecular flexibility index (Phi) is 6.81. The van der Waals surface area contributed by atoms with Gasteiger partial charge in [0.15, 0.2) is 0 Å². The topological polar surface area (TPSA) is 0 Å². The number of benzene rings is 3. The van der Waals surface area contributed by atoms with E-state index in [1.165, 1.54) is 72.8 Å². The first-order valence-corrected chi connectivity index (χ1v) is 13.2.